The first-order valence-electron chi connectivity index (χ1n) is 8.70. The van der Waals surface area contributed by atoms with Gasteiger partial charge in [0.05, 0.1) is 0 Å². The Morgan fingerprint density at radius 1 is 0.714 bits per heavy atom. The molecule has 0 unspecified atom stereocenters. The Morgan fingerprint density at radius 3 is 1.81 bits per heavy atom. The van der Waals surface area contributed by atoms with Gasteiger partial charge in [-0.15, -0.1) is 0 Å². The maximum Gasteiger partial charge on any atom is 0.156 e. The van der Waals surface area contributed by atoms with Crippen LogP contribution in [-0.2, 0) is 9.47 Å². The predicted octanol–water partition coefficient (Wildman–Crippen LogP) is 3.57. The van der Waals surface area contributed by atoms with Crippen LogP contribution in [0.1, 0.15) is 77.6 Å². The van der Waals surface area contributed by atoms with E-state index in [0.717, 1.165) is 25.7 Å². The highest BCUT2D eigenvalue weighted by Crippen LogP contribution is 2.13. The summed E-state index contributed by atoms with van der Waals surface area (Å²) in [5, 5.41) is 0. The average Bonchev–Trinajstić information content (AvgIpc) is 2.47. The topological polar surface area (TPSA) is 70.5 Å². The first-order valence-corrected chi connectivity index (χ1v) is 8.70. The van der Waals surface area contributed by atoms with Crippen molar-refractivity contribution in [2.24, 2.45) is 11.5 Å². The fourth-order valence-electron chi connectivity index (χ4n) is 2.67. The Labute approximate surface area is 131 Å². The van der Waals surface area contributed by atoms with Crippen LogP contribution in [0.5, 0.6) is 0 Å². The molecule has 0 aliphatic carbocycles. The zero-order valence-corrected chi connectivity index (χ0v) is 14.5. The van der Waals surface area contributed by atoms with Crippen LogP contribution in [0.25, 0.3) is 0 Å². The van der Waals surface area contributed by atoms with Crippen molar-refractivity contribution < 1.29 is 9.47 Å². The van der Waals surface area contributed by atoms with Gasteiger partial charge in [-0.1, -0.05) is 51.9 Å². The largest absolute Gasteiger partial charge is 0.356 e. The second-order valence-corrected chi connectivity index (χ2v) is 6.14. The zero-order valence-electron chi connectivity index (χ0n) is 14.5. The Hall–Kier alpha value is -0.160. The molecule has 0 fully saturated rings. The third kappa shape index (κ3) is 13.2. The molecule has 0 aromatic heterocycles. The van der Waals surface area contributed by atoms with Crippen molar-refractivity contribution >= 4 is 0 Å². The van der Waals surface area contributed by atoms with Crippen LogP contribution in [0, 0.1) is 0 Å². The summed E-state index contributed by atoms with van der Waals surface area (Å²) in [5.74, 6) is 0. The fourth-order valence-corrected chi connectivity index (χ4v) is 2.67. The average molecular weight is 303 g/mol. The van der Waals surface area contributed by atoms with Crippen molar-refractivity contribution in [2.45, 2.75) is 95.9 Å². The predicted molar refractivity (Wildman–Crippen MR) is 90.2 cm³/mol. The van der Waals surface area contributed by atoms with Gasteiger partial charge in [-0.3, -0.25) is 0 Å². The highest BCUT2D eigenvalue weighted by atomic mass is 16.7. The number of unbranched alkanes of at least 4 members (excludes halogenated alkanes) is 6. The molecule has 0 radical (unpaired) electrons. The van der Waals surface area contributed by atoms with E-state index in [1.54, 1.807) is 14.2 Å². The summed E-state index contributed by atoms with van der Waals surface area (Å²) in [4.78, 5) is 0. The van der Waals surface area contributed by atoms with Crippen molar-refractivity contribution in [3.63, 3.8) is 0 Å². The van der Waals surface area contributed by atoms with Crippen LogP contribution in [0.3, 0.4) is 0 Å². The maximum atomic E-state index is 6.17. The Kier molecular flexibility index (Phi) is 14.7. The molecule has 0 rings (SSSR count). The molecule has 0 aromatic rings. The number of hydrogen-bond donors (Lipinski definition) is 2. The monoisotopic (exact) mass is 302 g/mol. The van der Waals surface area contributed by atoms with Crippen molar-refractivity contribution in [1.29, 1.82) is 0 Å². The van der Waals surface area contributed by atoms with Gasteiger partial charge in [-0.25, -0.2) is 0 Å². The van der Waals surface area contributed by atoms with E-state index in [2.05, 4.69) is 6.92 Å². The normalized spacial score (nSPS) is 14.6. The number of methoxy groups -OCH3 is 2. The summed E-state index contributed by atoms with van der Waals surface area (Å²) in [6.45, 7) is 2.25. The molecule has 2 atom stereocenters. The molecule has 21 heavy (non-hydrogen) atoms. The van der Waals surface area contributed by atoms with E-state index in [-0.39, 0.29) is 18.4 Å². The van der Waals surface area contributed by atoms with Gasteiger partial charge in [0.25, 0.3) is 0 Å². The third-order valence-corrected chi connectivity index (χ3v) is 4.08. The molecule has 0 amide bonds. The molecule has 4 heteroatoms. The maximum absolute atomic E-state index is 6.17. The molecule has 0 aliphatic heterocycles. The number of ether oxygens (including phenoxy) is 2. The quantitative estimate of drug-likeness (QED) is 0.358. The zero-order chi connectivity index (χ0) is 15.9. The first-order chi connectivity index (χ1) is 10.1. The first kappa shape index (κ1) is 20.8. The molecular formula is C17H38N2O2. The van der Waals surface area contributed by atoms with Crippen molar-refractivity contribution in [2.75, 3.05) is 14.2 Å². The van der Waals surface area contributed by atoms with Crippen LogP contribution in [0.15, 0.2) is 0 Å². The summed E-state index contributed by atoms with van der Waals surface area (Å²) < 4.78 is 10.3. The molecule has 128 valence electrons. The molecule has 0 bridgehead atoms. The fraction of sp³-hybridized carbons (Fsp3) is 1.00. The lowest BCUT2D eigenvalue weighted by Crippen LogP contribution is -2.32. The lowest BCUT2D eigenvalue weighted by Gasteiger charge is -2.19. The number of nitrogens with two attached hydrogens (primary N) is 2. The van der Waals surface area contributed by atoms with Gasteiger partial charge in [-0.05, 0) is 25.7 Å². The standard InChI is InChI=1S/C17H38N2O2/c1-4-5-6-7-8-9-10-11-15(18)14-16(19)12-13-17(20-2)21-3/h15-17H,4-14,18-19H2,1-3H3/t15-,16+/m1/s1. The lowest BCUT2D eigenvalue weighted by molar-refractivity contribution is -0.107. The van der Waals surface area contributed by atoms with Crippen molar-refractivity contribution in [1.82, 2.24) is 0 Å². The SMILES string of the molecule is CCCCCCCCC[C@@H](N)C[C@@H](N)CCC(OC)OC. The second-order valence-electron chi connectivity index (χ2n) is 6.14. The molecule has 0 aromatic carbocycles. The van der Waals surface area contributed by atoms with E-state index < -0.39 is 0 Å². The Balaban J connectivity index is 3.48. The van der Waals surface area contributed by atoms with Gasteiger partial charge in [0, 0.05) is 26.3 Å². The highest BCUT2D eigenvalue weighted by molar-refractivity contribution is 4.71. The van der Waals surface area contributed by atoms with Gasteiger partial charge in [0.2, 0.25) is 0 Å². The molecule has 0 aliphatic rings. The van der Waals surface area contributed by atoms with Crippen LogP contribution in [-0.4, -0.2) is 32.6 Å². The third-order valence-electron chi connectivity index (χ3n) is 4.08. The Morgan fingerprint density at radius 2 is 1.24 bits per heavy atom. The second kappa shape index (κ2) is 14.8. The minimum atomic E-state index is -0.143. The van der Waals surface area contributed by atoms with E-state index in [9.17, 15) is 0 Å². The van der Waals surface area contributed by atoms with Gasteiger partial charge >= 0.3 is 0 Å². The summed E-state index contributed by atoms with van der Waals surface area (Å²) >= 11 is 0. The summed E-state index contributed by atoms with van der Waals surface area (Å²) in [6.07, 6.45) is 12.9. The molecule has 4 N–H and O–H groups in total. The van der Waals surface area contributed by atoms with E-state index in [1.807, 2.05) is 0 Å². The summed E-state index contributed by atoms with van der Waals surface area (Å²) in [6, 6.07) is 0.386. The van der Waals surface area contributed by atoms with Crippen LogP contribution < -0.4 is 11.5 Å². The van der Waals surface area contributed by atoms with Gasteiger partial charge in [0.1, 0.15) is 0 Å². The summed E-state index contributed by atoms with van der Waals surface area (Å²) in [5.41, 5.74) is 12.3. The number of rotatable bonds is 15. The highest BCUT2D eigenvalue weighted by Gasteiger charge is 2.12. The minimum absolute atomic E-state index is 0.143. The van der Waals surface area contributed by atoms with Gasteiger partial charge < -0.3 is 20.9 Å². The summed E-state index contributed by atoms with van der Waals surface area (Å²) in [7, 11) is 3.32. The van der Waals surface area contributed by atoms with E-state index in [0.29, 0.717) is 0 Å². The lowest BCUT2D eigenvalue weighted by atomic mass is 9.98. The van der Waals surface area contributed by atoms with Gasteiger partial charge in [-0.2, -0.15) is 0 Å². The van der Waals surface area contributed by atoms with E-state index >= 15 is 0 Å². The van der Waals surface area contributed by atoms with Crippen molar-refractivity contribution in [3.05, 3.63) is 0 Å². The number of hydrogen-bond acceptors (Lipinski definition) is 4. The smallest absolute Gasteiger partial charge is 0.156 e. The van der Waals surface area contributed by atoms with Crippen LogP contribution in [0.2, 0.25) is 0 Å². The van der Waals surface area contributed by atoms with E-state index in [4.69, 9.17) is 20.9 Å². The van der Waals surface area contributed by atoms with Crippen LogP contribution in [0.4, 0.5) is 0 Å². The van der Waals surface area contributed by atoms with Crippen molar-refractivity contribution in [3.8, 4) is 0 Å². The van der Waals surface area contributed by atoms with Crippen LogP contribution >= 0.6 is 0 Å². The minimum Gasteiger partial charge on any atom is -0.356 e. The van der Waals surface area contributed by atoms with Gasteiger partial charge in [0.15, 0.2) is 6.29 Å². The molecule has 0 saturated heterocycles. The Bertz CT molecular complexity index is 211. The molecule has 0 spiro atoms. The molecule has 4 nitrogen and oxygen atoms in total. The molecular weight excluding hydrogens is 264 g/mol. The molecule has 0 saturated carbocycles. The van der Waals surface area contributed by atoms with E-state index in [1.165, 1.54) is 44.9 Å². The molecule has 0 heterocycles.